The number of methoxy groups -OCH3 is 1. The number of esters is 2. The zero-order valence-corrected chi connectivity index (χ0v) is 31.6. The highest BCUT2D eigenvalue weighted by atomic mass is 16.8. The fourth-order valence-corrected chi connectivity index (χ4v) is 7.37. The third-order valence-corrected chi connectivity index (χ3v) is 10.6. The van der Waals surface area contributed by atoms with Crippen molar-refractivity contribution in [2.24, 2.45) is 23.7 Å². The summed E-state index contributed by atoms with van der Waals surface area (Å²) in [7, 11) is 1.42. The Labute approximate surface area is 312 Å². The van der Waals surface area contributed by atoms with E-state index in [1.54, 1.807) is 39.8 Å². The third-order valence-electron chi connectivity index (χ3n) is 10.6. The standard InChI is InChI=1S/C39H47NO14/c1-17-11-10-12-18(2)37(48)40-24-15-39(51-16-26(42)53-39)29-27(33(24)46)32(45)22(6)35-28(29)36(47)38(8,54-35)50-14-13-25(49-9)19(3)34(52-23(7)41)21(5)31(44)20(4)30(17)43/h10-15,17,19-21,25,30-31,34,43-45H,16H2,1-9H3,(H,40,48)/b11-10-,14-13?,18-12-/t17-,19+,20+,21+,25-,30-,31+,34+,38-,39?/m0/s1. The molecule has 1 amide bonds. The maximum atomic E-state index is 14.3. The van der Waals surface area contributed by atoms with E-state index in [2.05, 4.69) is 5.32 Å². The Morgan fingerprint density at radius 3 is 2.26 bits per heavy atom. The second kappa shape index (κ2) is 15.1. The molecule has 4 aliphatic heterocycles. The molecule has 15 heteroatoms. The van der Waals surface area contributed by atoms with Crippen LogP contribution in [0, 0.1) is 30.6 Å². The van der Waals surface area contributed by atoms with E-state index in [-0.39, 0.29) is 33.7 Å². The molecule has 4 heterocycles. The molecule has 1 saturated heterocycles. The number of carbonyl (C=O) groups excluding carboxylic acids is 5. The first-order valence-electron chi connectivity index (χ1n) is 17.6. The van der Waals surface area contributed by atoms with Gasteiger partial charge in [0.25, 0.3) is 17.5 Å². The van der Waals surface area contributed by atoms with Crippen LogP contribution in [0.4, 0.5) is 0 Å². The van der Waals surface area contributed by atoms with Crippen molar-refractivity contribution in [3.8, 4) is 11.5 Å². The highest BCUT2D eigenvalue weighted by molar-refractivity contribution is 6.19. The lowest BCUT2D eigenvalue weighted by Gasteiger charge is -2.38. The van der Waals surface area contributed by atoms with Crippen molar-refractivity contribution >= 4 is 29.4 Å². The highest BCUT2D eigenvalue weighted by Gasteiger charge is 2.58. The minimum absolute atomic E-state index is 0.00812. The molecule has 1 fully saturated rings. The molecule has 0 radical (unpaired) electrons. The number of phenols is 1. The number of benzene rings is 1. The quantitative estimate of drug-likeness (QED) is 0.320. The van der Waals surface area contributed by atoms with Crippen molar-refractivity contribution in [2.75, 3.05) is 13.7 Å². The van der Waals surface area contributed by atoms with Crippen molar-refractivity contribution in [1.82, 2.24) is 5.32 Å². The first kappa shape index (κ1) is 40.4. The molecule has 1 aliphatic carbocycles. The summed E-state index contributed by atoms with van der Waals surface area (Å²) < 4.78 is 34.8. The number of hydrogen-bond acceptors (Lipinski definition) is 14. The molecule has 6 rings (SSSR count). The molecule has 5 bridgehead atoms. The van der Waals surface area contributed by atoms with Gasteiger partial charge in [-0.2, -0.15) is 0 Å². The maximum absolute atomic E-state index is 14.3. The number of carbonyl (C=O) groups is 5. The summed E-state index contributed by atoms with van der Waals surface area (Å²) in [5.74, 6) is -11.4. The van der Waals surface area contributed by atoms with E-state index in [0.717, 1.165) is 12.3 Å². The SMILES string of the molecule is CO[C@H]1C=CO[C@@]2(C)Oc3c(C)c(O)c4c(c3C2=O)C2(C=C(NC(=O)/C(C)=C\C=C/[C@H](C)[C@H](O)[C@@H](C)[C@@H](O)[C@@H](C)[C@H](OC(C)=O)[C@@H]1C)C4=O)OCC(=O)O2. The summed E-state index contributed by atoms with van der Waals surface area (Å²) in [6.45, 7) is 11.7. The monoisotopic (exact) mass is 753 g/mol. The largest absolute Gasteiger partial charge is 0.507 e. The van der Waals surface area contributed by atoms with Gasteiger partial charge < -0.3 is 49.1 Å². The van der Waals surface area contributed by atoms with Crippen LogP contribution in [0.2, 0.25) is 0 Å². The molecule has 1 aromatic carbocycles. The maximum Gasteiger partial charge on any atom is 0.335 e. The van der Waals surface area contributed by atoms with Gasteiger partial charge in [0.2, 0.25) is 5.78 Å². The topological polar surface area (TPSA) is 213 Å². The summed E-state index contributed by atoms with van der Waals surface area (Å²) in [5.41, 5.74) is -1.23. The Morgan fingerprint density at radius 1 is 0.963 bits per heavy atom. The molecule has 292 valence electrons. The van der Waals surface area contributed by atoms with Gasteiger partial charge in [-0.15, -0.1) is 0 Å². The third kappa shape index (κ3) is 7.08. The molecule has 1 aromatic rings. The second-order valence-electron chi connectivity index (χ2n) is 14.4. The molecule has 4 N–H and O–H groups in total. The molecule has 54 heavy (non-hydrogen) atoms. The first-order chi connectivity index (χ1) is 25.3. The lowest BCUT2D eigenvalue weighted by Crippen LogP contribution is -2.46. The van der Waals surface area contributed by atoms with Gasteiger partial charge in [-0.25, -0.2) is 4.79 Å². The number of phenolic OH excluding ortho intramolecular Hbond substituents is 1. The Morgan fingerprint density at radius 2 is 1.65 bits per heavy atom. The average Bonchev–Trinajstić information content (AvgIpc) is 3.62. The van der Waals surface area contributed by atoms with Crippen molar-refractivity contribution in [2.45, 2.75) is 91.4 Å². The molecular formula is C39H47NO14. The summed E-state index contributed by atoms with van der Waals surface area (Å²) >= 11 is 0. The molecule has 10 atom stereocenters. The number of aliphatic hydroxyl groups excluding tert-OH is 2. The predicted octanol–water partition coefficient (Wildman–Crippen LogP) is 3.17. The van der Waals surface area contributed by atoms with Gasteiger partial charge in [0.15, 0.2) is 0 Å². The van der Waals surface area contributed by atoms with Crippen LogP contribution in [0.15, 0.2) is 47.9 Å². The van der Waals surface area contributed by atoms with Gasteiger partial charge in [0, 0.05) is 61.8 Å². The molecule has 0 saturated carbocycles. The lowest BCUT2D eigenvalue weighted by molar-refractivity contribution is -0.161. The first-order valence-corrected chi connectivity index (χ1v) is 17.6. The second-order valence-corrected chi connectivity index (χ2v) is 14.4. The summed E-state index contributed by atoms with van der Waals surface area (Å²) in [4.78, 5) is 66.6. The van der Waals surface area contributed by atoms with E-state index in [9.17, 15) is 39.3 Å². The fourth-order valence-electron chi connectivity index (χ4n) is 7.37. The number of amides is 1. The molecule has 1 spiro atoms. The number of aromatic hydroxyl groups is 1. The van der Waals surface area contributed by atoms with Crippen molar-refractivity contribution in [3.05, 3.63) is 70.2 Å². The number of rotatable bonds is 2. The summed E-state index contributed by atoms with van der Waals surface area (Å²) in [6, 6.07) is 0. The van der Waals surface area contributed by atoms with Crippen LogP contribution >= 0.6 is 0 Å². The number of hydrogen-bond donors (Lipinski definition) is 4. The van der Waals surface area contributed by atoms with E-state index >= 15 is 0 Å². The smallest absolute Gasteiger partial charge is 0.335 e. The number of fused-ring (bicyclic) bond motifs is 13. The van der Waals surface area contributed by atoms with E-state index in [1.807, 2.05) is 0 Å². The van der Waals surface area contributed by atoms with Gasteiger partial charge in [-0.05, 0) is 19.9 Å². The number of nitrogens with one attached hydrogen (secondary N) is 1. The minimum atomic E-state index is -2.21. The molecule has 5 aliphatic rings. The van der Waals surface area contributed by atoms with E-state index in [0.29, 0.717) is 0 Å². The zero-order chi connectivity index (χ0) is 40.0. The van der Waals surface area contributed by atoms with E-state index in [4.69, 9.17) is 28.4 Å². The van der Waals surface area contributed by atoms with Crippen LogP contribution < -0.4 is 10.1 Å². The van der Waals surface area contributed by atoms with Crippen molar-refractivity contribution in [1.29, 1.82) is 0 Å². The number of ketones is 2. The Balaban J connectivity index is 1.66. The van der Waals surface area contributed by atoms with Crippen LogP contribution in [-0.2, 0) is 43.9 Å². The Bertz CT molecular complexity index is 1880. The predicted molar refractivity (Wildman–Crippen MR) is 189 cm³/mol. The van der Waals surface area contributed by atoms with Crippen LogP contribution in [0.5, 0.6) is 11.5 Å². The molecular weight excluding hydrogens is 706 g/mol. The normalized spacial score (nSPS) is 36.1. The van der Waals surface area contributed by atoms with Crippen LogP contribution in [0.25, 0.3) is 0 Å². The van der Waals surface area contributed by atoms with Gasteiger partial charge in [0.05, 0.1) is 47.0 Å². The average molecular weight is 754 g/mol. The molecule has 0 aromatic heterocycles. The van der Waals surface area contributed by atoms with Crippen molar-refractivity contribution < 1.29 is 67.7 Å². The number of ether oxygens (including phenoxy) is 6. The van der Waals surface area contributed by atoms with E-state index < -0.39 is 107 Å². The number of aliphatic hydroxyl groups is 2. The Kier molecular flexibility index (Phi) is 11.3. The van der Waals surface area contributed by atoms with Gasteiger partial charge in [-0.3, -0.25) is 19.2 Å². The van der Waals surface area contributed by atoms with Gasteiger partial charge in [0.1, 0.15) is 24.2 Å². The van der Waals surface area contributed by atoms with Crippen LogP contribution in [0.3, 0.4) is 0 Å². The van der Waals surface area contributed by atoms with Crippen molar-refractivity contribution in [3.63, 3.8) is 0 Å². The molecule has 1 unspecified atom stereocenters. The van der Waals surface area contributed by atoms with Gasteiger partial charge >= 0.3 is 17.7 Å². The fraction of sp³-hybridized carbons (Fsp3) is 0.513. The number of Topliss-reactive ketones (excluding diaryl/α,β-unsaturated/α-hetero) is 2. The molecule has 15 nitrogen and oxygen atoms in total. The van der Waals surface area contributed by atoms with E-state index in [1.165, 1.54) is 47.0 Å². The Hall–Kier alpha value is -4.83. The lowest BCUT2D eigenvalue weighted by atomic mass is 9.78. The number of allylic oxidation sites excluding steroid dienone is 3. The zero-order valence-electron chi connectivity index (χ0n) is 31.6. The highest BCUT2D eigenvalue weighted by Crippen LogP contribution is 2.53. The van der Waals surface area contributed by atoms with Crippen LogP contribution in [-0.4, -0.2) is 88.7 Å². The van der Waals surface area contributed by atoms with Gasteiger partial charge in [-0.1, -0.05) is 45.9 Å². The minimum Gasteiger partial charge on any atom is -0.507 e. The summed E-state index contributed by atoms with van der Waals surface area (Å²) in [6.07, 6.45) is 4.41. The van der Waals surface area contributed by atoms with Crippen LogP contribution in [0.1, 0.15) is 80.3 Å². The summed E-state index contributed by atoms with van der Waals surface area (Å²) in [5, 5.41) is 36.6.